The summed E-state index contributed by atoms with van der Waals surface area (Å²) in [5.74, 6) is 5.81. The predicted octanol–water partition coefficient (Wildman–Crippen LogP) is 2.22. The quantitative estimate of drug-likeness (QED) is 0.848. The lowest BCUT2D eigenvalue weighted by Crippen LogP contribution is -2.47. The molecule has 1 fully saturated rings. The fourth-order valence-corrected chi connectivity index (χ4v) is 2.82. The first kappa shape index (κ1) is 15.5. The van der Waals surface area contributed by atoms with Crippen LogP contribution in [0.3, 0.4) is 0 Å². The zero-order valence-corrected chi connectivity index (χ0v) is 12.7. The third-order valence-electron chi connectivity index (χ3n) is 3.88. The molecule has 1 amide bonds. The van der Waals surface area contributed by atoms with Crippen LogP contribution in [0, 0.1) is 11.8 Å². The van der Waals surface area contributed by atoms with E-state index >= 15 is 0 Å². The molecule has 4 nitrogen and oxygen atoms in total. The first-order chi connectivity index (χ1) is 10.1. The molecule has 0 bridgehead atoms. The smallest absolute Gasteiger partial charge is 0.255 e. The van der Waals surface area contributed by atoms with Crippen molar-refractivity contribution in [3.05, 3.63) is 29.6 Å². The highest BCUT2D eigenvalue weighted by atomic mass is 16.2. The summed E-state index contributed by atoms with van der Waals surface area (Å²) in [6.45, 7) is 4.25. The van der Waals surface area contributed by atoms with Crippen molar-refractivity contribution in [1.29, 1.82) is 0 Å². The zero-order chi connectivity index (χ0) is 15.2. The number of hydrogen-bond donors (Lipinski definition) is 1. The zero-order valence-electron chi connectivity index (χ0n) is 12.7. The maximum atomic E-state index is 12.7. The highest BCUT2D eigenvalue weighted by Crippen LogP contribution is 2.24. The second-order valence-corrected chi connectivity index (χ2v) is 5.58. The van der Waals surface area contributed by atoms with Gasteiger partial charge in [-0.25, -0.2) is 0 Å². The lowest BCUT2D eigenvalue weighted by molar-refractivity contribution is 0.0510. The summed E-state index contributed by atoms with van der Waals surface area (Å²) in [5, 5.41) is 8.74. The number of carbonyl (C=O) groups is 1. The third-order valence-corrected chi connectivity index (χ3v) is 3.88. The van der Waals surface area contributed by atoms with Crippen LogP contribution < -0.4 is 0 Å². The molecule has 1 aliphatic heterocycles. The van der Waals surface area contributed by atoms with Crippen molar-refractivity contribution in [3.8, 4) is 11.8 Å². The van der Waals surface area contributed by atoms with Crippen molar-refractivity contribution >= 4 is 5.91 Å². The van der Waals surface area contributed by atoms with Gasteiger partial charge in [0.25, 0.3) is 5.91 Å². The van der Waals surface area contributed by atoms with Crippen LogP contribution in [0.15, 0.2) is 18.5 Å². The Labute approximate surface area is 126 Å². The van der Waals surface area contributed by atoms with Gasteiger partial charge in [0.2, 0.25) is 0 Å². The number of piperidine rings is 1. The molecular weight excluding hydrogens is 264 g/mol. The van der Waals surface area contributed by atoms with E-state index < -0.39 is 0 Å². The second-order valence-electron chi connectivity index (χ2n) is 5.58. The number of aromatic nitrogens is 1. The average Bonchev–Trinajstić information content (AvgIpc) is 2.47. The summed E-state index contributed by atoms with van der Waals surface area (Å²) < 4.78 is 0. The van der Waals surface area contributed by atoms with Crippen molar-refractivity contribution in [3.63, 3.8) is 0 Å². The normalized spacial score (nSPS) is 21.6. The van der Waals surface area contributed by atoms with Crippen LogP contribution in [-0.4, -0.2) is 39.6 Å². The molecule has 2 rings (SSSR count). The molecule has 1 aromatic heterocycles. The Bertz CT molecular complexity index is 549. The maximum absolute atomic E-state index is 12.7. The molecule has 112 valence electrons. The van der Waals surface area contributed by atoms with Crippen molar-refractivity contribution in [1.82, 2.24) is 9.88 Å². The number of rotatable bonds is 2. The van der Waals surface area contributed by atoms with Gasteiger partial charge in [0.15, 0.2) is 0 Å². The molecule has 4 heteroatoms. The summed E-state index contributed by atoms with van der Waals surface area (Å²) in [7, 11) is 0. The summed E-state index contributed by atoms with van der Waals surface area (Å²) >= 11 is 0. The molecule has 2 heterocycles. The molecule has 0 aromatic carbocycles. The van der Waals surface area contributed by atoms with Crippen LogP contribution in [0.1, 0.15) is 55.5 Å². The van der Waals surface area contributed by atoms with Crippen molar-refractivity contribution in [2.45, 2.75) is 51.6 Å². The average molecular weight is 286 g/mol. The Morgan fingerprint density at radius 1 is 1.38 bits per heavy atom. The van der Waals surface area contributed by atoms with Crippen LogP contribution in [0.2, 0.25) is 0 Å². The number of likely N-dealkylation sites (tertiary alicyclic amines) is 1. The molecule has 1 N–H and O–H groups in total. The first-order valence-electron chi connectivity index (χ1n) is 7.51. The molecule has 1 aromatic rings. The van der Waals surface area contributed by atoms with Gasteiger partial charge in [-0.1, -0.05) is 11.8 Å². The van der Waals surface area contributed by atoms with Crippen LogP contribution >= 0.6 is 0 Å². The fraction of sp³-hybridized carbons (Fsp3) is 0.529. The summed E-state index contributed by atoms with van der Waals surface area (Å²) in [4.78, 5) is 18.8. The molecule has 1 saturated heterocycles. The molecule has 1 aliphatic rings. The Balaban J connectivity index is 2.19. The molecule has 2 atom stereocenters. The van der Waals surface area contributed by atoms with E-state index in [2.05, 4.69) is 30.7 Å². The van der Waals surface area contributed by atoms with Gasteiger partial charge >= 0.3 is 0 Å². The Hall–Kier alpha value is -1.86. The standard InChI is InChI=1S/C17H22N2O2/c1-13-6-5-7-14(2)19(13)17(21)16-10-15(11-18-12-16)8-3-4-9-20/h10-14,20H,4-7,9H2,1-2H3. The first-order valence-corrected chi connectivity index (χ1v) is 7.51. The van der Waals surface area contributed by atoms with E-state index in [4.69, 9.17) is 5.11 Å². The Morgan fingerprint density at radius 2 is 2.10 bits per heavy atom. The van der Waals surface area contributed by atoms with E-state index in [-0.39, 0.29) is 24.6 Å². The van der Waals surface area contributed by atoms with Gasteiger partial charge in [-0.2, -0.15) is 0 Å². The van der Waals surface area contributed by atoms with E-state index in [1.54, 1.807) is 18.5 Å². The van der Waals surface area contributed by atoms with Gasteiger partial charge in [0.05, 0.1) is 12.2 Å². The summed E-state index contributed by atoms with van der Waals surface area (Å²) in [6, 6.07) is 2.32. The van der Waals surface area contributed by atoms with E-state index in [1.165, 1.54) is 6.42 Å². The third kappa shape index (κ3) is 3.83. The highest BCUT2D eigenvalue weighted by Gasteiger charge is 2.29. The van der Waals surface area contributed by atoms with Crippen LogP contribution in [0.5, 0.6) is 0 Å². The van der Waals surface area contributed by atoms with E-state index in [9.17, 15) is 4.79 Å². The topological polar surface area (TPSA) is 53.4 Å². The van der Waals surface area contributed by atoms with Crippen molar-refractivity contribution in [2.75, 3.05) is 6.61 Å². The molecule has 0 spiro atoms. The van der Waals surface area contributed by atoms with Crippen molar-refractivity contribution in [2.24, 2.45) is 0 Å². The lowest BCUT2D eigenvalue weighted by Gasteiger charge is -2.39. The number of amides is 1. The predicted molar refractivity (Wildman–Crippen MR) is 81.8 cm³/mol. The van der Waals surface area contributed by atoms with Gasteiger partial charge in [-0.3, -0.25) is 9.78 Å². The van der Waals surface area contributed by atoms with Gasteiger partial charge in [0, 0.05) is 36.5 Å². The SMILES string of the molecule is CC1CCCC(C)N1C(=O)c1cncc(C#CCCO)c1. The number of aliphatic hydroxyl groups excluding tert-OH is 1. The summed E-state index contributed by atoms with van der Waals surface area (Å²) in [6.07, 6.45) is 6.96. The molecule has 2 unspecified atom stereocenters. The highest BCUT2D eigenvalue weighted by molar-refractivity contribution is 5.94. The fourth-order valence-electron chi connectivity index (χ4n) is 2.82. The Morgan fingerprint density at radius 3 is 2.76 bits per heavy atom. The van der Waals surface area contributed by atoms with Crippen LogP contribution in [0.25, 0.3) is 0 Å². The number of nitrogens with zero attached hydrogens (tertiary/aromatic N) is 2. The molecule has 0 aliphatic carbocycles. The van der Waals surface area contributed by atoms with Crippen LogP contribution in [0.4, 0.5) is 0 Å². The number of hydrogen-bond acceptors (Lipinski definition) is 3. The Kier molecular flexibility index (Phi) is 5.35. The second kappa shape index (κ2) is 7.24. The molecular formula is C17H22N2O2. The summed E-state index contributed by atoms with van der Waals surface area (Å²) in [5.41, 5.74) is 1.30. The molecule has 0 saturated carbocycles. The maximum Gasteiger partial charge on any atom is 0.255 e. The van der Waals surface area contributed by atoms with Gasteiger partial charge in [0.1, 0.15) is 0 Å². The van der Waals surface area contributed by atoms with Crippen LogP contribution in [-0.2, 0) is 0 Å². The minimum absolute atomic E-state index is 0.0352. The number of pyridine rings is 1. The minimum atomic E-state index is 0.0352. The number of carbonyl (C=O) groups excluding carboxylic acids is 1. The minimum Gasteiger partial charge on any atom is -0.395 e. The lowest BCUT2D eigenvalue weighted by atomic mass is 9.96. The van der Waals surface area contributed by atoms with Gasteiger partial charge in [-0.15, -0.1) is 0 Å². The molecule has 21 heavy (non-hydrogen) atoms. The monoisotopic (exact) mass is 286 g/mol. The molecule has 0 radical (unpaired) electrons. The largest absolute Gasteiger partial charge is 0.395 e. The van der Waals surface area contributed by atoms with Crippen molar-refractivity contribution < 1.29 is 9.90 Å². The van der Waals surface area contributed by atoms with Gasteiger partial charge < -0.3 is 10.0 Å². The van der Waals surface area contributed by atoms with Gasteiger partial charge in [-0.05, 0) is 39.2 Å². The number of aliphatic hydroxyl groups is 1. The van der Waals surface area contributed by atoms with E-state index in [0.29, 0.717) is 17.5 Å². The van der Waals surface area contributed by atoms with E-state index in [1.807, 2.05) is 4.90 Å². The van der Waals surface area contributed by atoms with E-state index in [0.717, 1.165) is 12.8 Å².